The van der Waals surface area contributed by atoms with Crippen LogP contribution in [-0.2, 0) is 0 Å². The molecule has 0 spiro atoms. The monoisotopic (exact) mass is 433 g/mol. The molecule has 1 aliphatic carbocycles. The van der Waals surface area contributed by atoms with Gasteiger partial charge in [-0.3, -0.25) is 0 Å². The third-order valence-corrected chi connectivity index (χ3v) is 11.8. The Morgan fingerprint density at radius 2 is 2.20 bits per heavy atom. The lowest BCUT2D eigenvalue weighted by atomic mass is 9.52. The molecular weight excluding hydrogens is 385 g/mol. The second-order valence-corrected chi connectivity index (χ2v) is 13.0. The van der Waals surface area contributed by atoms with Crippen LogP contribution in [0.25, 0.3) is 0 Å². The minimum atomic E-state index is 0.410. The molecule has 0 aromatic carbocycles. The van der Waals surface area contributed by atoms with Crippen LogP contribution in [0.4, 0.5) is 0 Å². The molecule has 0 amide bonds. The molecule has 7 atom stereocenters. The molecule has 172 valence electrons. The van der Waals surface area contributed by atoms with E-state index < -0.39 is 0 Å². The molecule has 0 aromatic heterocycles. The molecule has 7 unspecified atom stereocenters. The average Bonchev–Trinajstić information content (AvgIpc) is 2.94. The van der Waals surface area contributed by atoms with Crippen LogP contribution < -0.4 is 10.6 Å². The summed E-state index contributed by atoms with van der Waals surface area (Å²) in [5, 5.41) is 7.97. The Labute approximate surface area is 188 Å². The highest BCUT2D eigenvalue weighted by molar-refractivity contribution is 7.40. The fourth-order valence-corrected chi connectivity index (χ4v) is 10.3. The summed E-state index contributed by atoms with van der Waals surface area (Å²) >= 11 is 0. The van der Waals surface area contributed by atoms with Crippen molar-refractivity contribution in [1.29, 1.82) is 0 Å². The normalized spacial score (nSPS) is 42.1. The van der Waals surface area contributed by atoms with E-state index in [4.69, 9.17) is 0 Å². The Morgan fingerprint density at radius 1 is 1.33 bits per heavy atom. The summed E-state index contributed by atoms with van der Waals surface area (Å²) in [5.74, 6) is 2.51. The van der Waals surface area contributed by atoms with E-state index in [2.05, 4.69) is 49.4 Å². The average molecular weight is 434 g/mol. The highest BCUT2D eigenvalue weighted by atomic mass is 31.1. The molecule has 3 saturated heterocycles. The SMILES string of the molecule is CCCC(NC)C1CCCPC2(C)C3CC=C(C)C12CCN(CC1CCCNC1)C3. The summed E-state index contributed by atoms with van der Waals surface area (Å²) < 4.78 is 0. The molecule has 0 radical (unpaired) electrons. The minimum absolute atomic E-state index is 0.410. The zero-order valence-corrected chi connectivity index (χ0v) is 21.2. The van der Waals surface area contributed by atoms with Gasteiger partial charge >= 0.3 is 0 Å². The van der Waals surface area contributed by atoms with E-state index in [-0.39, 0.29) is 0 Å². The van der Waals surface area contributed by atoms with Gasteiger partial charge in [0.25, 0.3) is 0 Å². The number of hydrogen-bond donors (Lipinski definition) is 2. The fraction of sp³-hybridized carbons (Fsp3) is 0.923. The van der Waals surface area contributed by atoms with Crippen LogP contribution in [0.1, 0.15) is 72.1 Å². The number of allylic oxidation sites excluding steroid dienone is 2. The van der Waals surface area contributed by atoms with Crippen molar-refractivity contribution in [3.8, 4) is 0 Å². The van der Waals surface area contributed by atoms with Crippen molar-refractivity contribution in [2.45, 2.75) is 83.3 Å². The van der Waals surface area contributed by atoms with Crippen LogP contribution in [-0.4, -0.2) is 62.0 Å². The van der Waals surface area contributed by atoms with Crippen molar-refractivity contribution in [2.24, 2.45) is 23.2 Å². The van der Waals surface area contributed by atoms with Crippen LogP contribution >= 0.6 is 8.58 Å². The van der Waals surface area contributed by atoms with Crippen molar-refractivity contribution in [3.05, 3.63) is 11.6 Å². The Hall–Kier alpha value is 0.0500. The summed E-state index contributed by atoms with van der Waals surface area (Å²) in [6, 6.07) is 0.674. The lowest BCUT2D eigenvalue weighted by Gasteiger charge is -2.59. The maximum absolute atomic E-state index is 3.82. The summed E-state index contributed by atoms with van der Waals surface area (Å²) in [5.41, 5.74) is 2.17. The standard InChI is InChI=1S/C26H48N3P/c1-5-8-24(27-4)23-10-7-16-30-25(3)22-12-11-20(2)26(23,25)13-15-29(19-22)18-21-9-6-14-28-17-21/h11,21-24,27-28,30H,5-10,12-19H2,1-4H3. The number of piperidine rings is 1. The molecule has 3 nitrogen and oxygen atoms in total. The zero-order chi connectivity index (χ0) is 21.2. The van der Waals surface area contributed by atoms with E-state index in [9.17, 15) is 0 Å². The number of hydrogen-bond acceptors (Lipinski definition) is 3. The first-order chi connectivity index (χ1) is 14.5. The molecule has 30 heavy (non-hydrogen) atoms. The van der Waals surface area contributed by atoms with Gasteiger partial charge in [-0.2, -0.15) is 0 Å². The van der Waals surface area contributed by atoms with Gasteiger partial charge in [-0.05, 0) is 108 Å². The number of rotatable bonds is 6. The predicted molar refractivity (Wildman–Crippen MR) is 133 cm³/mol. The molecule has 2 bridgehead atoms. The quantitative estimate of drug-likeness (QED) is 0.462. The Balaban J connectivity index is 1.67. The number of likely N-dealkylation sites (tertiary alicyclic amines) is 1. The Kier molecular flexibility index (Phi) is 7.66. The van der Waals surface area contributed by atoms with Crippen molar-refractivity contribution in [2.75, 3.05) is 45.9 Å². The minimum Gasteiger partial charge on any atom is -0.317 e. The Bertz CT molecular complexity index is 601. The van der Waals surface area contributed by atoms with E-state index in [1.165, 1.54) is 90.3 Å². The maximum Gasteiger partial charge on any atom is 0.0101 e. The van der Waals surface area contributed by atoms with Gasteiger partial charge in [-0.25, -0.2) is 0 Å². The van der Waals surface area contributed by atoms with E-state index in [1.807, 2.05) is 0 Å². The second-order valence-electron chi connectivity index (χ2n) is 11.1. The summed E-state index contributed by atoms with van der Waals surface area (Å²) in [6.07, 6.45) is 15.2. The topological polar surface area (TPSA) is 27.3 Å². The van der Waals surface area contributed by atoms with Crippen LogP contribution in [0.3, 0.4) is 0 Å². The van der Waals surface area contributed by atoms with Gasteiger partial charge in [-0.15, -0.1) is 8.58 Å². The number of nitrogens with zero attached hydrogens (tertiary/aromatic N) is 1. The lowest BCUT2D eigenvalue weighted by Crippen LogP contribution is -2.58. The van der Waals surface area contributed by atoms with Crippen LogP contribution in [0.15, 0.2) is 11.6 Å². The maximum atomic E-state index is 3.82. The zero-order valence-electron chi connectivity index (χ0n) is 20.2. The van der Waals surface area contributed by atoms with Crippen molar-refractivity contribution < 1.29 is 0 Å². The Morgan fingerprint density at radius 3 is 2.93 bits per heavy atom. The molecule has 0 saturated carbocycles. The van der Waals surface area contributed by atoms with Gasteiger partial charge in [0.2, 0.25) is 0 Å². The summed E-state index contributed by atoms with van der Waals surface area (Å²) in [6.45, 7) is 14.1. The van der Waals surface area contributed by atoms with Gasteiger partial charge in [0, 0.05) is 24.5 Å². The highest BCUT2D eigenvalue weighted by Crippen LogP contribution is 2.67. The fourth-order valence-electron chi connectivity index (χ4n) is 8.06. The van der Waals surface area contributed by atoms with E-state index in [0.29, 0.717) is 16.6 Å². The molecule has 4 aliphatic rings. The van der Waals surface area contributed by atoms with Crippen molar-refractivity contribution in [1.82, 2.24) is 15.5 Å². The lowest BCUT2D eigenvalue weighted by molar-refractivity contribution is 0.0691. The second kappa shape index (κ2) is 9.90. The van der Waals surface area contributed by atoms with Gasteiger partial charge in [0.15, 0.2) is 0 Å². The summed E-state index contributed by atoms with van der Waals surface area (Å²) in [4.78, 5) is 2.91. The molecular formula is C26H48N3P. The first-order valence-corrected chi connectivity index (χ1v) is 14.3. The third kappa shape index (κ3) is 4.07. The number of nitrogens with one attached hydrogen (secondary N) is 2. The van der Waals surface area contributed by atoms with E-state index in [0.717, 1.165) is 26.3 Å². The van der Waals surface area contributed by atoms with E-state index >= 15 is 0 Å². The predicted octanol–water partition coefficient (Wildman–Crippen LogP) is 4.88. The third-order valence-electron chi connectivity index (χ3n) is 9.65. The van der Waals surface area contributed by atoms with Gasteiger partial charge in [0.05, 0.1) is 0 Å². The highest BCUT2D eigenvalue weighted by Gasteiger charge is 2.61. The van der Waals surface area contributed by atoms with Gasteiger partial charge in [0.1, 0.15) is 0 Å². The van der Waals surface area contributed by atoms with E-state index in [1.54, 1.807) is 5.57 Å². The summed E-state index contributed by atoms with van der Waals surface area (Å²) in [7, 11) is 3.38. The van der Waals surface area contributed by atoms with Crippen molar-refractivity contribution in [3.63, 3.8) is 0 Å². The molecule has 2 N–H and O–H groups in total. The van der Waals surface area contributed by atoms with Gasteiger partial charge < -0.3 is 15.5 Å². The first kappa shape index (κ1) is 23.2. The van der Waals surface area contributed by atoms with Crippen LogP contribution in [0.2, 0.25) is 0 Å². The van der Waals surface area contributed by atoms with Crippen LogP contribution in [0, 0.1) is 23.2 Å². The molecule has 4 rings (SSSR count). The molecule has 3 heterocycles. The van der Waals surface area contributed by atoms with Gasteiger partial charge in [-0.1, -0.05) is 31.9 Å². The molecule has 0 aromatic rings. The molecule has 3 aliphatic heterocycles. The first-order valence-electron chi connectivity index (χ1n) is 13.1. The van der Waals surface area contributed by atoms with Crippen molar-refractivity contribution >= 4 is 8.58 Å². The smallest absolute Gasteiger partial charge is 0.0101 e. The molecule has 3 fully saturated rings. The largest absolute Gasteiger partial charge is 0.317 e. The molecule has 4 heteroatoms. The van der Waals surface area contributed by atoms with Crippen LogP contribution in [0.5, 0.6) is 0 Å².